The highest BCUT2D eigenvalue weighted by Crippen LogP contribution is 2.37. The Morgan fingerprint density at radius 2 is 1.80 bits per heavy atom. The SMILES string of the molecule is c1cc2c(c(-c3ccc(C4CCC4)cc3)c1)CCNC2. The summed E-state index contributed by atoms with van der Waals surface area (Å²) in [6, 6.07) is 16.1. The summed E-state index contributed by atoms with van der Waals surface area (Å²) in [5, 5.41) is 3.46. The number of hydrogen-bond acceptors (Lipinski definition) is 1. The summed E-state index contributed by atoms with van der Waals surface area (Å²) in [6.07, 6.45) is 5.32. The predicted molar refractivity (Wildman–Crippen MR) is 83.9 cm³/mol. The highest BCUT2D eigenvalue weighted by molar-refractivity contribution is 5.69. The van der Waals surface area contributed by atoms with Crippen LogP contribution in [0.25, 0.3) is 11.1 Å². The number of rotatable bonds is 2. The molecule has 0 bridgehead atoms. The third-order valence-corrected chi connectivity index (χ3v) is 4.94. The molecule has 1 heteroatoms. The van der Waals surface area contributed by atoms with Gasteiger partial charge in [-0.05, 0) is 59.5 Å². The summed E-state index contributed by atoms with van der Waals surface area (Å²) in [5.41, 5.74) is 7.36. The molecular weight excluding hydrogens is 242 g/mol. The molecule has 1 saturated carbocycles. The second-order valence-electron chi connectivity index (χ2n) is 6.12. The normalized spacial score (nSPS) is 18.4. The van der Waals surface area contributed by atoms with Crippen molar-refractivity contribution in [2.75, 3.05) is 6.54 Å². The summed E-state index contributed by atoms with van der Waals surface area (Å²) in [6.45, 7) is 2.12. The fraction of sp³-hybridized carbons (Fsp3) is 0.368. The number of nitrogens with one attached hydrogen (secondary N) is 1. The number of fused-ring (bicyclic) bond motifs is 1. The molecule has 0 aromatic heterocycles. The maximum atomic E-state index is 3.46. The summed E-state index contributed by atoms with van der Waals surface area (Å²) in [4.78, 5) is 0. The van der Waals surface area contributed by atoms with Crippen molar-refractivity contribution in [1.29, 1.82) is 0 Å². The molecule has 0 atom stereocenters. The van der Waals surface area contributed by atoms with Crippen LogP contribution >= 0.6 is 0 Å². The zero-order valence-corrected chi connectivity index (χ0v) is 11.9. The molecule has 20 heavy (non-hydrogen) atoms. The van der Waals surface area contributed by atoms with Crippen LogP contribution in [0.1, 0.15) is 41.9 Å². The first-order valence-corrected chi connectivity index (χ1v) is 7.83. The van der Waals surface area contributed by atoms with Gasteiger partial charge in [0.1, 0.15) is 0 Å². The third kappa shape index (κ3) is 2.06. The molecule has 0 radical (unpaired) electrons. The van der Waals surface area contributed by atoms with Crippen molar-refractivity contribution in [2.24, 2.45) is 0 Å². The van der Waals surface area contributed by atoms with E-state index in [2.05, 4.69) is 47.8 Å². The fourth-order valence-corrected chi connectivity index (χ4v) is 3.48. The number of hydrogen-bond donors (Lipinski definition) is 1. The van der Waals surface area contributed by atoms with Gasteiger partial charge in [-0.2, -0.15) is 0 Å². The molecule has 2 aromatic carbocycles. The van der Waals surface area contributed by atoms with Gasteiger partial charge in [0.15, 0.2) is 0 Å². The van der Waals surface area contributed by atoms with E-state index in [4.69, 9.17) is 0 Å². The minimum Gasteiger partial charge on any atom is -0.312 e. The maximum Gasteiger partial charge on any atom is 0.0208 e. The van der Waals surface area contributed by atoms with Crippen LogP contribution < -0.4 is 5.32 Å². The van der Waals surface area contributed by atoms with Crippen LogP contribution in [0, 0.1) is 0 Å². The van der Waals surface area contributed by atoms with Crippen LogP contribution in [0.2, 0.25) is 0 Å². The van der Waals surface area contributed by atoms with Gasteiger partial charge >= 0.3 is 0 Å². The minimum atomic E-state index is 0.831. The third-order valence-electron chi connectivity index (χ3n) is 4.94. The van der Waals surface area contributed by atoms with Gasteiger partial charge in [0.2, 0.25) is 0 Å². The molecule has 1 aliphatic carbocycles. The van der Waals surface area contributed by atoms with Crippen molar-refractivity contribution in [3.8, 4) is 11.1 Å². The Morgan fingerprint density at radius 1 is 0.950 bits per heavy atom. The Bertz CT molecular complexity index is 608. The molecule has 102 valence electrons. The van der Waals surface area contributed by atoms with Crippen molar-refractivity contribution in [1.82, 2.24) is 5.32 Å². The van der Waals surface area contributed by atoms with Gasteiger partial charge < -0.3 is 5.32 Å². The first-order chi connectivity index (χ1) is 9.92. The quantitative estimate of drug-likeness (QED) is 0.853. The lowest BCUT2D eigenvalue weighted by Crippen LogP contribution is -2.24. The standard InChI is InChI=1S/C19H21N/c1-3-14(4-1)15-7-9-16(10-8-15)18-6-2-5-17-13-20-12-11-19(17)18/h2,5-10,14,20H,1,3-4,11-13H2. The molecule has 1 heterocycles. The van der Waals surface area contributed by atoms with Gasteiger partial charge in [0, 0.05) is 6.54 Å². The Kier molecular flexibility index (Phi) is 3.08. The van der Waals surface area contributed by atoms with E-state index in [9.17, 15) is 0 Å². The maximum absolute atomic E-state index is 3.46. The molecule has 1 aliphatic heterocycles. The lowest BCUT2D eigenvalue weighted by atomic mass is 9.79. The van der Waals surface area contributed by atoms with Crippen LogP contribution in [0.4, 0.5) is 0 Å². The lowest BCUT2D eigenvalue weighted by molar-refractivity contribution is 0.420. The molecule has 0 saturated heterocycles. The van der Waals surface area contributed by atoms with E-state index in [0.29, 0.717) is 0 Å². The molecule has 0 amide bonds. The van der Waals surface area contributed by atoms with E-state index in [-0.39, 0.29) is 0 Å². The topological polar surface area (TPSA) is 12.0 Å². The molecule has 1 N–H and O–H groups in total. The summed E-state index contributed by atoms with van der Waals surface area (Å²) in [5.74, 6) is 0.831. The Balaban J connectivity index is 1.70. The Labute approximate surface area is 121 Å². The molecule has 2 aromatic rings. The largest absolute Gasteiger partial charge is 0.312 e. The second-order valence-corrected chi connectivity index (χ2v) is 6.12. The lowest BCUT2D eigenvalue weighted by Gasteiger charge is -2.26. The molecule has 4 rings (SSSR count). The van der Waals surface area contributed by atoms with E-state index in [1.807, 2.05) is 0 Å². The van der Waals surface area contributed by atoms with Crippen LogP contribution in [-0.2, 0) is 13.0 Å². The van der Waals surface area contributed by atoms with Crippen molar-refractivity contribution in [3.05, 3.63) is 59.2 Å². The van der Waals surface area contributed by atoms with Gasteiger partial charge in [-0.25, -0.2) is 0 Å². The van der Waals surface area contributed by atoms with Crippen LogP contribution in [0.15, 0.2) is 42.5 Å². The van der Waals surface area contributed by atoms with Gasteiger partial charge in [-0.1, -0.05) is 48.9 Å². The predicted octanol–water partition coefficient (Wildman–Crippen LogP) is 4.27. The first kappa shape index (κ1) is 12.2. The Hall–Kier alpha value is -1.60. The monoisotopic (exact) mass is 263 g/mol. The molecular formula is C19H21N. The van der Waals surface area contributed by atoms with E-state index in [0.717, 1.165) is 25.4 Å². The molecule has 1 nitrogen and oxygen atoms in total. The van der Waals surface area contributed by atoms with Crippen molar-refractivity contribution >= 4 is 0 Å². The number of benzene rings is 2. The van der Waals surface area contributed by atoms with Gasteiger partial charge in [0.25, 0.3) is 0 Å². The first-order valence-electron chi connectivity index (χ1n) is 7.83. The molecule has 0 spiro atoms. The van der Waals surface area contributed by atoms with E-state index < -0.39 is 0 Å². The van der Waals surface area contributed by atoms with E-state index in [1.165, 1.54) is 41.5 Å². The summed E-state index contributed by atoms with van der Waals surface area (Å²) >= 11 is 0. The van der Waals surface area contributed by atoms with Crippen LogP contribution in [-0.4, -0.2) is 6.54 Å². The van der Waals surface area contributed by atoms with Gasteiger partial charge in [-0.3, -0.25) is 0 Å². The zero-order valence-electron chi connectivity index (χ0n) is 11.9. The van der Waals surface area contributed by atoms with Crippen molar-refractivity contribution in [2.45, 2.75) is 38.1 Å². The van der Waals surface area contributed by atoms with Crippen molar-refractivity contribution in [3.63, 3.8) is 0 Å². The zero-order chi connectivity index (χ0) is 13.4. The smallest absolute Gasteiger partial charge is 0.0208 e. The molecule has 0 unspecified atom stereocenters. The van der Waals surface area contributed by atoms with Crippen LogP contribution in [0.5, 0.6) is 0 Å². The average molecular weight is 263 g/mol. The molecule has 2 aliphatic rings. The average Bonchev–Trinajstić information content (AvgIpc) is 2.46. The minimum absolute atomic E-state index is 0.831. The van der Waals surface area contributed by atoms with E-state index >= 15 is 0 Å². The highest BCUT2D eigenvalue weighted by Gasteiger charge is 2.19. The van der Waals surface area contributed by atoms with E-state index in [1.54, 1.807) is 5.56 Å². The van der Waals surface area contributed by atoms with Gasteiger partial charge in [-0.15, -0.1) is 0 Å². The van der Waals surface area contributed by atoms with Crippen LogP contribution in [0.3, 0.4) is 0 Å². The second kappa shape index (κ2) is 5.06. The highest BCUT2D eigenvalue weighted by atomic mass is 14.9. The fourth-order valence-electron chi connectivity index (χ4n) is 3.48. The Morgan fingerprint density at radius 3 is 2.55 bits per heavy atom. The summed E-state index contributed by atoms with van der Waals surface area (Å²) < 4.78 is 0. The molecule has 1 fully saturated rings. The van der Waals surface area contributed by atoms with Gasteiger partial charge in [0.05, 0.1) is 0 Å². The van der Waals surface area contributed by atoms with Crippen molar-refractivity contribution < 1.29 is 0 Å². The summed E-state index contributed by atoms with van der Waals surface area (Å²) in [7, 11) is 0.